The van der Waals surface area contributed by atoms with E-state index >= 15 is 0 Å². The Balaban J connectivity index is 2.44. The Hall–Kier alpha value is -3.29. The second-order valence-corrected chi connectivity index (χ2v) is 15.5. The number of rotatable bonds is 39. The number of hydrazone groups is 1. The number of hydrogen-bond donors (Lipinski definition) is 1. The molecule has 2 aromatic carbocycles. The Morgan fingerprint density at radius 1 is 0.368 bits per heavy atom. The molecule has 0 atom stereocenters. The normalized spacial score (nSPS) is 11.3. The van der Waals surface area contributed by atoms with Crippen LogP contribution in [-0.4, -0.2) is 45.9 Å². The van der Waals surface area contributed by atoms with Gasteiger partial charge in [-0.05, 0) is 50.7 Å². The van der Waals surface area contributed by atoms with Gasteiger partial charge in [-0.3, -0.25) is 5.43 Å². The average molecular weight is 797 g/mol. The molecule has 0 aliphatic carbocycles. The van der Waals surface area contributed by atoms with Crippen molar-refractivity contribution < 1.29 is 28.4 Å². The first-order valence-corrected chi connectivity index (χ1v) is 23.5. The van der Waals surface area contributed by atoms with Gasteiger partial charge in [0, 0.05) is 17.7 Å². The Morgan fingerprint density at radius 3 is 0.947 bits per heavy atom. The minimum Gasteiger partial charge on any atom is -0.490 e. The minimum atomic E-state index is 0.629. The predicted octanol–water partition coefficient (Wildman–Crippen LogP) is 14.9. The van der Waals surface area contributed by atoms with Crippen molar-refractivity contribution in [3.05, 3.63) is 29.8 Å². The number of nitrogens with one attached hydrogen (secondary N) is 1. The maximum atomic E-state index is 6.44. The molecule has 0 radical (unpaired) electrons. The van der Waals surface area contributed by atoms with Gasteiger partial charge in [0.15, 0.2) is 23.0 Å². The van der Waals surface area contributed by atoms with Crippen LogP contribution in [0, 0.1) is 0 Å². The van der Waals surface area contributed by atoms with Crippen molar-refractivity contribution in [1.82, 2.24) is 0 Å². The number of benzene rings is 2. The Morgan fingerprint density at radius 2 is 0.649 bits per heavy atom. The lowest BCUT2D eigenvalue weighted by Crippen LogP contribution is -2.07. The smallest absolute Gasteiger partial charge is 0.203 e. The van der Waals surface area contributed by atoms with E-state index in [-0.39, 0.29) is 0 Å². The molecule has 0 saturated carbocycles. The van der Waals surface area contributed by atoms with E-state index in [2.05, 4.69) is 47.0 Å². The van der Waals surface area contributed by atoms with Gasteiger partial charge in [0.25, 0.3) is 0 Å². The van der Waals surface area contributed by atoms with Crippen LogP contribution in [0.1, 0.15) is 201 Å². The van der Waals surface area contributed by atoms with Gasteiger partial charge < -0.3 is 28.4 Å². The molecule has 0 amide bonds. The van der Waals surface area contributed by atoms with Gasteiger partial charge in [-0.2, -0.15) is 5.10 Å². The van der Waals surface area contributed by atoms with Crippen molar-refractivity contribution in [2.45, 2.75) is 196 Å². The summed E-state index contributed by atoms with van der Waals surface area (Å²) < 4.78 is 38.6. The SMILES string of the molecule is CCCCCCOc1cc(/C=N/Nc2cc(OCCCCCC)c(OCCCCCC)c(OCCCCCC)c2)cc(OCCCCCC)c1OCCCCCC. The molecule has 0 aliphatic heterocycles. The van der Waals surface area contributed by atoms with E-state index in [0.29, 0.717) is 74.1 Å². The van der Waals surface area contributed by atoms with Gasteiger partial charge in [0.2, 0.25) is 11.5 Å². The fraction of sp³-hybridized carbons (Fsp3) is 0.735. The third kappa shape index (κ3) is 23.0. The summed E-state index contributed by atoms with van der Waals surface area (Å²) in [4.78, 5) is 0. The highest BCUT2D eigenvalue weighted by Crippen LogP contribution is 2.42. The summed E-state index contributed by atoms with van der Waals surface area (Å²) in [5.41, 5.74) is 4.94. The molecular weight excluding hydrogens is 713 g/mol. The molecule has 326 valence electrons. The van der Waals surface area contributed by atoms with E-state index in [1.54, 1.807) is 0 Å². The molecule has 0 heterocycles. The largest absolute Gasteiger partial charge is 0.490 e. The van der Waals surface area contributed by atoms with Crippen molar-refractivity contribution in [3.8, 4) is 34.5 Å². The van der Waals surface area contributed by atoms with Crippen LogP contribution < -0.4 is 33.8 Å². The quantitative estimate of drug-likeness (QED) is 0.0410. The number of anilines is 1. The third-order valence-corrected chi connectivity index (χ3v) is 9.98. The molecule has 8 nitrogen and oxygen atoms in total. The van der Waals surface area contributed by atoms with Crippen molar-refractivity contribution >= 4 is 11.9 Å². The van der Waals surface area contributed by atoms with E-state index in [4.69, 9.17) is 33.5 Å². The van der Waals surface area contributed by atoms with Crippen LogP contribution in [0.25, 0.3) is 0 Å². The molecule has 0 aliphatic rings. The first kappa shape index (κ1) is 49.9. The summed E-state index contributed by atoms with van der Waals surface area (Å²) in [7, 11) is 0. The van der Waals surface area contributed by atoms with Crippen LogP contribution in [0.15, 0.2) is 29.4 Å². The monoisotopic (exact) mass is 797 g/mol. The van der Waals surface area contributed by atoms with Crippen molar-refractivity contribution in [3.63, 3.8) is 0 Å². The molecule has 0 unspecified atom stereocenters. The van der Waals surface area contributed by atoms with Crippen molar-refractivity contribution in [2.24, 2.45) is 5.10 Å². The number of ether oxygens (including phenoxy) is 6. The summed E-state index contributed by atoms with van der Waals surface area (Å²) in [5, 5.41) is 4.73. The molecule has 0 bridgehead atoms. The Kier molecular flexibility index (Phi) is 30.4. The fourth-order valence-electron chi connectivity index (χ4n) is 6.46. The van der Waals surface area contributed by atoms with Gasteiger partial charge in [-0.25, -0.2) is 0 Å². The first-order chi connectivity index (χ1) is 28.1. The number of unbranched alkanes of at least 4 members (excludes halogenated alkanes) is 18. The lowest BCUT2D eigenvalue weighted by atomic mass is 10.1. The molecule has 57 heavy (non-hydrogen) atoms. The van der Waals surface area contributed by atoms with E-state index in [1.807, 2.05) is 30.5 Å². The van der Waals surface area contributed by atoms with Gasteiger partial charge >= 0.3 is 0 Å². The predicted molar refractivity (Wildman–Crippen MR) is 242 cm³/mol. The summed E-state index contributed by atoms with van der Waals surface area (Å²) in [6.45, 7) is 17.2. The highest BCUT2D eigenvalue weighted by Gasteiger charge is 2.18. The van der Waals surface area contributed by atoms with E-state index in [1.165, 1.54) is 77.0 Å². The standard InChI is InChI=1S/C49H84N2O6/c1-7-13-19-25-31-52-44-37-42(38-45(53-32-26-20-14-8-2)48(44)56-35-29-23-17-11-5)41-50-51-43-39-46(54-33-27-21-15-9-3)49(57-36-30-24-18-12-6)47(40-43)55-34-28-22-16-10-4/h37-41,51H,7-36H2,1-6H3/b50-41+. The van der Waals surface area contributed by atoms with Crippen LogP contribution in [-0.2, 0) is 0 Å². The molecule has 2 rings (SSSR count). The molecule has 1 N–H and O–H groups in total. The van der Waals surface area contributed by atoms with Gasteiger partial charge in [-0.1, -0.05) is 157 Å². The molecule has 0 fully saturated rings. The van der Waals surface area contributed by atoms with Crippen LogP contribution in [0.4, 0.5) is 5.69 Å². The van der Waals surface area contributed by atoms with Crippen LogP contribution in [0.3, 0.4) is 0 Å². The van der Waals surface area contributed by atoms with Gasteiger partial charge in [0.1, 0.15) is 0 Å². The van der Waals surface area contributed by atoms with Crippen LogP contribution in [0.2, 0.25) is 0 Å². The van der Waals surface area contributed by atoms with E-state index in [9.17, 15) is 0 Å². The zero-order valence-corrected chi connectivity index (χ0v) is 37.5. The number of nitrogens with zero attached hydrogens (tertiary/aromatic N) is 1. The minimum absolute atomic E-state index is 0.629. The van der Waals surface area contributed by atoms with Crippen LogP contribution in [0.5, 0.6) is 34.5 Å². The fourth-order valence-corrected chi connectivity index (χ4v) is 6.46. The third-order valence-electron chi connectivity index (χ3n) is 9.98. The van der Waals surface area contributed by atoms with E-state index in [0.717, 1.165) is 88.3 Å². The van der Waals surface area contributed by atoms with Gasteiger partial charge in [-0.15, -0.1) is 0 Å². The van der Waals surface area contributed by atoms with E-state index < -0.39 is 0 Å². The maximum Gasteiger partial charge on any atom is 0.203 e. The zero-order chi connectivity index (χ0) is 41.0. The lowest BCUT2D eigenvalue weighted by molar-refractivity contribution is 0.234. The second-order valence-electron chi connectivity index (χ2n) is 15.5. The topological polar surface area (TPSA) is 79.8 Å². The highest BCUT2D eigenvalue weighted by atomic mass is 16.5. The summed E-state index contributed by atoms with van der Waals surface area (Å²) >= 11 is 0. The van der Waals surface area contributed by atoms with Gasteiger partial charge in [0.05, 0.1) is 51.5 Å². The zero-order valence-electron chi connectivity index (χ0n) is 37.5. The molecule has 8 heteroatoms. The average Bonchev–Trinajstić information content (AvgIpc) is 3.21. The van der Waals surface area contributed by atoms with Crippen molar-refractivity contribution in [1.29, 1.82) is 0 Å². The summed E-state index contributed by atoms with van der Waals surface area (Å²) in [6, 6.07) is 8.05. The molecule has 2 aromatic rings. The second kappa shape index (κ2) is 34.7. The molecule has 0 spiro atoms. The first-order valence-electron chi connectivity index (χ1n) is 23.5. The van der Waals surface area contributed by atoms with Crippen LogP contribution >= 0.6 is 0 Å². The summed E-state index contributed by atoms with van der Waals surface area (Å²) in [6.07, 6.45) is 29.1. The van der Waals surface area contributed by atoms with Crippen molar-refractivity contribution in [2.75, 3.05) is 45.1 Å². The Labute approximate surface area is 349 Å². The molecule has 0 aromatic heterocycles. The number of hydrogen-bond acceptors (Lipinski definition) is 8. The molecule has 0 saturated heterocycles. The molecular formula is C49H84N2O6. The lowest BCUT2D eigenvalue weighted by Gasteiger charge is -2.19. The maximum absolute atomic E-state index is 6.44. The Bertz CT molecular complexity index is 1210. The summed E-state index contributed by atoms with van der Waals surface area (Å²) in [5.74, 6) is 4.22. The highest BCUT2D eigenvalue weighted by molar-refractivity contribution is 5.83.